The molecule has 0 heterocycles. The number of hydrogen-bond acceptors (Lipinski definition) is 1. The van der Waals surface area contributed by atoms with Gasteiger partial charge in [-0.25, -0.2) is 0 Å². The van der Waals surface area contributed by atoms with Crippen LogP contribution in [0, 0.1) is 5.92 Å². The lowest BCUT2D eigenvalue weighted by Crippen LogP contribution is -2.05. The lowest BCUT2D eigenvalue weighted by Gasteiger charge is -2.18. The molecule has 10 heavy (non-hydrogen) atoms. The number of carbonyl (C=O) groups excluding carboxylic acids is 1. The molecule has 0 aromatic carbocycles. The molecule has 0 N–H and O–H groups in total. The Kier molecular flexibility index (Phi) is 6.44. The van der Waals surface area contributed by atoms with Crippen molar-refractivity contribution in [2.45, 2.75) is 38.5 Å². The summed E-state index contributed by atoms with van der Waals surface area (Å²) in [4.78, 5) is 10.1. The first-order chi connectivity index (χ1) is 4.43. The van der Waals surface area contributed by atoms with Crippen LogP contribution in [0.1, 0.15) is 38.5 Å². The molecule has 0 bridgehead atoms. The molecule has 1 aliphatic rings. The van der Waals surface area contributed by atoms with Crippen LogP contribution in [0.4, 0.5) is 0 Å². The monoisotopic (exact) mass is 152 g/mol. The van der Waals surface area contributed by atoms with Crippen LogP contribution in [-0.2, 0) is 4.79 Å². The Balaban J connectivity index is 0.000000810. The lowest BCUT2D eigenvalue weighted by atomic mass is 9.87. The zero-order valence-corrected chi connectivity index (χ0v) is 5.81. The molecule has 1 nitrogen and oxygen atoms in total. The summed E-state index contributed by atoms with van der Waals surface area (Å²) in [5.41, 5.74) is 0. The average molecular weight is 153 g/mol. The van der Waals surface area contributed by atoms with E-state index in [9.17, 15) is 4.79 Å². The molecule has 2 heteroatoms. The minimum Gasteiger partial charge on any atom is -0.303 e. The Bertz CT molecular complexity index is 87.3. The van der Waals surface area contributed by atoms with Gasteiger partial charge in [0.05, 0.1) is 0 Å². The van der Waals surface area contributed by atoms with E-state index in [1.165, 1.54) is 32.1 Å². The third-order valence-electron chi connectivity index (χ3n) is 2.15. The van der Waals surface area contributed by atoms with Gasteiger partial charge in [0.2, 0.25) is 0 Å². The van der Waals surface area contributed by atoms with Gasteiger partial charge in [-0.05, 0) is 5.92 Å². The normalized spacial score (nSPS) is 19.6. The van der Waals surface area contributed by atoms with E-state index in [0.717, 1.165) is 18.6 Å². The summed E-state index contributed by atoms with van der Waals surface area (Å²) in [6, 6.07) is 0. The molecular formula is C8H16MgO. The first-order valence-electron chi connectivity index (χ1n) is 3.87. The van der Waals surface area contributed by atoms with E-state index in [1.807, 2.05) is 0 Å². The molecule has 0 aromatic heterocycles. The summed E-state index contributed by atoms with van der Waals surface area (Å²) in [6.07, 6.45) is 8.53. The molecule has 0 saturated heterocycles. The summed E-state index contributed by atoms with van der Waals surface area (Å²) in [7, 11) is 0. The second-order valence-corrected chi connectivity index (χ2v) is 2.91. The summed E-state index contributed by atoms with van der Waals surface area (Å²) in [5.74, 6) is 0.733. The van der Waals surface area contributed by atoms with E-state index in [2.05, 4.69) is 0 Å². The zero-order valence-electron chi connectivity index (χ0n) is 5.81. The van der Waals surface area contributed by atoms with Gasteiger partial charge in [-0.2, -0.15) is 0 Å². The summed E-state index contributed by atoms with van der Waals surface area (Å²) >= 11 is 0. The van der Waals surface area contributed by atoms with Crippen molar-refractivity contribution in [3.8, 4) is 0 Å². The molecular weight excluding hydrogens is 136 g/mol. The molecule has 0 aliphatic heterocycles. The predicted octanol–water partition coefficient (Wildman–Crippen LogP) is 1.24. The average Bonchev–Trinajstić information content (AvgIpc) is 1.91. The fourth-order valence-corrected chi connectivity index (χ4v) is 1.56. The van der Waals surface area contributed by atoms with Crippen LogP contribution in [0.15, 0.2) is 0 Å². The molecule has 0 amide bonds. The minimum atomic E-state index is 0. The number of rotatable bonds is 2. The van der Waals surface area contributed by atoms with Gasteiger partial charge in [-0.1, -0.05) is 32.1 Å². The molecule has 1 saturated carbocycles. The highest BCUT2D eigenvalue weighted by molar-refractivity contribution is 5.75. The van der Waals surface area contributed by atoms with Gasteiger partial charge < -0.3 is 4.79 Å². The van der Waals surface area contributed by atoms with Crippen molar-refractivity contribution in [3.05, 3.63) is 0 Å². The zero-order chi connectivity index (χ0) is 6.53. The third kappa shape index (κ3) is 3.57. The van der Waals surface area contributed by atoms with Gasteiger partial charge in [-0.3, -0.25) is 0 Å². The maximum absolute atomic E-state index is 10.1. The van der Waals surface area contributed by atoms with E-state index in [1.54, 1.807) is 0 Å². The van der Waals surface area contributed by atoms with Crippen LogP contribution in [0.5, 0.6) is 0 Å². The van der Waals surface area contributed by atoms with E-state index in [-0.39, 0.29) is 23.1 Å². The summed E-state index contributed by atoms with van der Waals surface area (Å²) < 4.78 is 0. The topological polar surface area (TPSA) is 17.1 Å². The fourth-order valence-electron chi connectivity index (χ4n) is 1.56. The maximum atomic E-state index is 10.1. The van der Waals surface area contributed by atoms with Gasteiger partial charge in [0.15, 0.2) is 0 Å². The van der Waals surface area contributed by atoms with Crippen LogP contribution >= 0.6 is 0 Å². The quantitative estimate of drug-likeness (QED) is 0.430. The molecule has 1 fully saturated rings. The van der Waals surface area contributed by atoms with Crippen LogP contribution in [0.2, 0.25) is 0 Å². The van der Waals surface area contributed by atoms with Gasteiger partial charge in [0.1, 0.15) is 6.29 Å². The summed E-state index contributed by atoms with van der Waals surface area (Å²) in [5, 5.41) is 0. The van der Waals surface area contributed by atoms with E-state index < -0.39 is 0 Å². The first-order valence-corrected chi connectivity index (χ1v) is 3.87. The first kappa shape index (κ1) is 10.4. The molecule has 1 rings (SSSR count). The standard InChI is InChI=1S/C8H14O.Mg.2H/c9-7-6-8-4-2-1-3-5-8;;;/h7-8H,1-6H2;;;. The van der Waals surface area contributed by atoms with Crippen LogP contribution in [-0.4, -0.2) is 29.3 Å². The predicted molar refractivity (Wildman–Crippen MR) is 45.8 cm³/mol. The van der Waals surface area contributed by atoms with Crippen molar-refractivity contribution in [2.75, 3.05) is 0 Å². The number of hydrogen-bond donors (Lipinski definition) is 0. The van der Waals surface area contributed by atoms with Gasteiger partial charge in [0, 0.05) is 6.42 Å². The van der Waals surface area contributed by atoms with Crippen LogP contribution < -0.4 is 0 Å². The summed E-state index contributed by atoms with van der Waals surface area (Å²) in [6.45, 7) is 0. The van der Waals surface area contributed by atoms with Gasteiger partial charge in [-0.15, -0.1) is 0 Å². The SMILES string of the molecule is O=CCC1CCCCC1.[MgH2]. The van der Waals surface area contributed by atoms with Crippen molar-refractivity contribution >= 4 is 29.3 Å². The highest BCUT2D eigenvalue weighted by atomic mass is 24.3. The molecule has 0 radical (unpaired) electrons. The van der Waals surface area contributed by atoms with Crippen molar-refractivity contribution < 1.29 is 4.79 Å². The molecule has 0 atom stereocenters. The fraction of sp³-hybridized carbons (Fsp3) is 0.875. The Morgan fingerprint density at radius 1 is 1.20 bits per heavy atom. The molecule has 1 aliphatic carbocycles. The van der Waals surface area contributed by atoms with Crippen LogP contribution in [0.3, 0.4) is 0 Å². The Labute approximate surface area is 78.7 Å². The van der Waals surface area contributed by atoms with E-state index in [0.29, 0.717) is 0 Å². The maximum Gasteiger partial charge on any atom is 0.316 e. The lowest BCUT2D eigenvalue weighted by molar-refractivity contribution is -0.108. The van der Waals surface area contributed by atoms with Crippen molar-refractivity contribution in [2.24, 2.45) is 5.92 Å². The van der Waals surface area contributed by atoms with E-state index >= 15 is 0 Å². The number of carbonyl (C=O) groups is 1. The minimum absolute atomic E-state index is 0. The van der Waals surface area contributed by atoms with Gasteiger partial charge in [0.25, 0.3) is 0 Å². The van der Waals surface area contributed by atoms with Crippen LogP contribution in [0.25, 0.3) is 0 Å². The second-order valence-electron chi connectivity index (χ2n) is 2.91. The highest BCUT2D eigenvalue weighted by Crippen LogP contribution is 2.24. The van der Waals surface area contributed by atoms with Gasteiger partial charge >= 0.3 is 23.1 Å². The second kappa shape index (κ2) is 6.17. The Morgan fingerprint density at radius 2 is 1.80 bits per heavy atom. The van der Waals surface area contributed by atoms with Crippen molar-refractivity contribution in [1.82, 2.24) is 0 Å². The third-order valence-corrected chi connectivity index (χ3v) is 2.15. The Morgan fingerprint density at radius 3 is 2.30 bits per heavy atom. The number of aldehydes is 1. The molecule has 0 aromatic rings. The molecule has 56 valence electrons. The molecule has 0 unspecified atom stereocenters. The Hall–Kier alpha value is 0.436. The highest BCUT2D eigenvalue weighted by Gasteiger charge is 2.11. The smallest absolute Gasteiger partial charge is 0.303 e. The van der Waals surface area contributed by atoms with Crippen molar-refractivity contribution in [1.29, 1.82) is 0 Å². The largest absolute Gasteiger partial charge is 0.316 e. The van der Waals surface area contributed by atoms with E-state index in [4.69, 9.17) is 0 Å². The molecule has 0 spiro atoms. The van der Waals surface area contributed by atoms with Crippen molar-refractivity contribution in [3.63, 3.8) is 0 Å².